The number of hydrogen-bond donors (Lipinski definition) is 2. The predicted octanol–water partition coefficient (Wildman–Crippen LogP) is 1.67. The number of phenols is 1. The molecular weight excluding hydrogens is 258 g/mol. The standard InChI is InChI=1S/C11H10ClN3O3/c1-6-14-10(18-15-6)5-13-11(17)8-3-2-7(12)4-9(8)16/h2-4,16H,5H2,1H3,(H,13,17). The first-order valence-corrected chi connectivity index (χ1v) is 5.50. The van der Waals surface area contributed by atoms with Gasteiger partial charge in [0.25, 0.3) is 5.91 Å². The Morgan fingerprint density at radius 1 is 1.56 bits per heavy atom. The minimum absolute atomic E-state index is 0.0989. The van der Waals surface area contributed by atoms with Gasteiger partial charge in [-0.15, -0.1) is 0 Å². The van der Waals surface area contributed by atoms with Crippen molar-refractivity contribution in [1.29, 1.82) is 0 Å². The molecule has 2 aromatic rings. The number of nitrogens with zero attached hydrogens (tertiary/aromatic N) is 2. The van der Waals surface area contributed by atoms with Gasteiger partial charge in [-0.1, -0.05) is 16.8 Å². The van der Waals surface area contributed by atoms with Crippen molar-refractivity contribution in [2.75, 3.05) is 0 Å². The third kappa shape index (κ3) is 2.78. The van der Waals surface area contributed by atoms with Gasteiger partial charge in [0.05, 0.1) is 12.1 Å². The van der Waals surface area contributed by atoms with E-state index in [0.717, 1.165) is 0 Å². The summed E-state index contributed by atoms with van der Waals surface area (Å²) < 4.78 is 4.84. The number of nitrogens with one attached hydrogen (secondary N) is 1. The molecule has 0 radical (unpaired) electrons. The lowest BCUT2D eigenvalue weighted by molar-refractivity contribution is 0.0943. The third-order valence-electron chi connectivity index (χ3n) is 2.17. The molecule has 0 saturated carbocycles. The van der Waals surface area contributed by atoms with Gasteiger partial charge >= 0.3 is 0 Å². The first kappa shape index (κ1) is 12.4. The maximum Gasteiger partial charge on any atom is 0.255 e. The van der Waals surface area contributed by atoms with Crippen molar-refractivity contribution in [3.05, 3.63) is 40.5 Å². The summed E-state index contributed by atoms with van der Waals surface area (Å²) in [5.41, 5.74) is 0.135. The summed E-state index contributed by atoms with van der Waals surface area (Å²) in [6.45, 7) is 1.78. The van der Waals surface area contributed by atoms with Crippen molar-refractivity contribution >= 4 is 17.5 Å². The van der Waals surface area contributed by atoms with Gasteiger partial charge in [0.1, 0.15) is 5.75 Å². The summed E-state index contributed by atoms with van der Waals surface area (Å²) in [5.74, 6) is 0.171. The minimum atomic E-state index is -0.444. The van der Waals surface area contributed by atoms with Crippen molar-refractivity contribution in [2.45, 2.75) is 13.5 Å². The van der Waals surface area contributed by atoms with Crippen LogP contribution in [0.15, 0.2) is 22.7 Å². The summed E-state index contributed by atoms with van der Waals surface area (Å²) >= 11 is 5.67. The fourth-order valence-corrected chi connectivity index (χ4v) is 1.53. The lowest BCUT2D eigenvalue weighted by Crippen LogP contribution is -2.23. The lowest BCUT2D eigenvalue weighted by atomic mass is 10.2. The van der Waals surface area contributed by atoms with Crippen LogP contribution in [-0.2, 0) is 6.54 Å². The van der Waals surface area contributed by atoms with Gasteiger partial charge in [-0.05, 0) is 25.1 Å². The molecule has 18 heavy (non-hydrogen) atoms. The fourth-order valence-electron chi connectivity index (χ4n) is 1.36. The summed E-state index contributed by atoms with van der Waals surface area (Å²) in [6.07, 6.45) is 0. The zero-order chi connectivity index (χ0) is 13.1. The second-order valence-corrected chi connectivity index (χ2v) is 4.02. The van der Waals surface area contributed by atoms with Crippen molar-refractivity contribution in [3.8, 4) is 5.75 Å². The maximum atomic E-state index is 11.8. The number of aromatic nitrogens is 2. The van der Waals surface area contributed by atoms with Crippen molar-refractivity contribution in [3.63, 3.8) is 0 Å². The van der Waals surface area contributed by atoms with E-state index in [1.165, 1.54) is 18.2 Å². The number of carbonyl (C=O) groups is 1. The molecule has 0 spiro atoms. The van der Waals surface area contributed by atoms with Gasteiger partial charge in [-0.25, -0.2) is 0 Å². The Balaban J connectivity index is 2.03. The molecule has 2 rings (SSSR count). The summed E-state index contributed by atoms with van der Waals surface area (Å²) in [5, 5.41) is 16.1. The maximum absolute atomic E-state index is 11.8. The van der Waals surface area contributed by atoms with Gasteiger partial charge < -0.3 is 14.9 Å². The molecule has 6 nitrogen and oxygen atoms in total. The molecule has 0 aliphatic heterocycles. The highest BCUT2D eigenvalue weighted by Gasteiger charge is 2.12. The molecule has 0 aliphatic rings. The van der Waals surface area contributed by atoms with Crippen LogP contribution in [0.3, 0.4) is 0 Å². The minimum Gasteiger partial charge on any atom is -0.507 e. The van der Waals surface area contributed by atoms with Gasteiger partial charge in [0, 0.05) is 5.02 Å². The van der Waals surface area contributed by atoms with E-state index in [0.29, 0.717) is 16.7 Å². The molecule has 0 saturated heterocycles. The largest absolute Gasteiger partial charge is 0.507 e. The number of aryl methyl sites for hydroxylation is 1. The predicted molar refractivity (Wildman–Crippen MR) is 63.3 cm³/mol. The molecule has 0 unspecified atom stereocenters. The van der Waals surface area contributed by atoms with Crippen LogP contribution >= 0.6 is 11.6 Å². The molecule has 0 aliphatic carbocycles. The van der Waals surface area contributed by atoms with E-state index in [1.54, 1.807) is 6.92 Å². The zero-order valence-electron chi connectivity index (χ0n) is 9.48. The van der Waals surface area contributed by atoms with Gasteiger partial charge in [-0.3, -0.25) is 4.79 Å². The fraction of sp³-hybridized carbons (Fsp3) is 0.182. The number of carbonyl (C=O) groups excluding carboxylic acids is 1. The zero-order valence-corrected chi connectivity index (χ0v) is 10.2. The monoisotopic (exact) mass is 267 g/mol. The molecule has 1 aromatic heterocycles. The van der Waals surface area contributed by atoms with Crippen LogP contribution in [0.1, 0.15) is 22.1 Å². The van der Waals surface area contributed by atoms with E-state index in [1.807, 2.05) is 0 Å². The summed E-state index contributed by atoms with van der Waals surface area (Å²) in [4.78, 5) is 15.7. The summed E-state index contributed by atoms with van der Waals surface area (Å²) in [6, 6.07) is 4.26. The van der Waals surface area contributed by atoms with E-state index >= 15 is 0 Å². The Morgan fingerprint density at radius 2 is 2.33 bits per heavy atom. The normalized spacial score (nSPS) is 10.3. The number of hydrogen-bond acceptors (Lipinski definition) is 5. The Kier molecular flexibility index (Phi) is 3.47. The number of aromatic hydroxyl groups is 1. The highest BCUT2D eigenvalue weighted by molar-refractivity contribution is 6.30. The topological polar surface area (TPSA) is 88.2 Å². The molecule has 7 heteroatoms. The van der Waals surface area contributed by atoms with Crippen LogP contribution in [-0.4, -0.2) is 21.2 Å². The Hall–Kier alpha value is -2.08. The van der Waals surface area contributed by atoms with E-state index in [-0.39, 0.29) is 17.9 Å². The number of benzene rings is 1. The Labute approximate surface area is 108 Å². The highest BCUT2D eigenvalue weighted by atomic mass is 35.5. The first-order valence-electron chi connectivity index (χ1n) is 5.12. The van der Waals surface area contributed by atoms with Crippen LogP contribution in [0.2, 0.25) is 5.02 Å². The smallest absolute Gasteiger partial charge is 0.255 e. The van der Waals surface area contributed by atoms with E-state index in [4.69, 9.17) is 16.1 Å². The Morgan fingerprint density at radius 3 is 2.94 bits per heavy atom. The second-order valence-electron chi connectivity index (χ2n) is 3.58. The van der Waals surface area contributed by atoms with Crippen LogP contribution in [0.25, 0.3) is 0 Å². The van der Waals surface area contributed by atoms with Crippen LogP contribution in [0.5, 0.6) is 5.75 Å². The lowest BCUT2D eigenvalue weighted by Gasteiger charge is -2.04. The van der Waals surface area contributed by atoms with Crippen LogP contribution in [0.4, 0.5) is 0 Å². The SMILES string of the molecule is Cc1noc(CNC(=O)c2ccc(Cl)cc2O)n1. The quantitative estimate of drug-likeness (QED) is 0.883. The number of phenolic OH excluding ortho intramolecular Hbond substituents is 1. The average Bonchev–Trinajstić information content (AvgIpc) is 2.72. The molecule has 94 valence electrons. The van der Waals surface area contributed by atoms with Crippen molar-refractivity contribution in [1.82, 2.24) is 15.5 Å². The molecule has 1 heterocycles. The Bertz CT molecular complexity index is 583. The molecule has 1 amide bonds. The molecular formula is C11H10ClN3O3. The molecule has 0 atom stereocenters. The molecule has 1 aromatic carbocycles. The molecule has 2 N–H and O–H groups in total. The summed E-state index contributed by atoms with van der Waals surface area (Å²) in [7, 11) is 0. The number of amides is 1. The van der Waals surface area contributed by atoms with Gasteiger partial charge in [0.2, 0.25) is 5.89 Å². The van der Waals surface area contributed by atoms with Crippen molar-refractivity contribution < 1.29 is 14.4 Å². The van der Waals surface area contributed by atoms with E-state index in [2.05, 4.69) is 15.5 Å². The third-order valence-corrected chi connectivity index (χ3v) is 2.41. The number of halogens is 1. The second kappa shape index (κ2) is 5.05. The highest BCUT2D eigenvalue weighted by Crippen LogP contribution is 2.21. The van der Waals surface area contributed by atoms with Crippen molar-refractivity contribution in [2.24, 2.45) is 0 Å². The van der Waals surface area contributed by atoms with Crippen LogP contribution in [0, 0.1) is 6.92 Å². The first-order chi connectivity index (χ1) is 8.56. The van der Waals surface area contributed by atoms with E-state index in [9.17, 15) is 9.90 Å². The van der Waals surface area contributed by atoms with Gasteiger partial charge in [0.15, 0.2) is 5.82 Å². The van der Waals surface area contributed by atoms with Crippen LogP contribution < -0.4 is 5.32 Å². The molecule has 0 fully saturated rings. The van der Waals surface area contributed by atoms with E-state index < -0.39 is 5.91 Å². The average molecular weight is 268 g/mol. The van der Waals surface area contributed by atoms with Gasteiger partial charge in [-0.2, -0.15) is 4.98 Å². The molecule has 0 bridgehead atoms. The number of rotatable bonds is 3.